The lowest BCUT2D eigenvalue weighted by molar-refractivity contribution is 0.102. The number of nitrogen functional groups attached to an aromatic ring is 1. The molecular formula is C14H10BrN3O2. The Balaban J connectivity index is 2.28. The number of carbonyl (C=O) groups excluding carboxylic acids is 1. The molecule has 0 aliphatic rings. The Morgan fingerprint density at radius 2 is 2.05 bits per heavy atom. The molecule has 0 fully saturated rings. The van der Waals surface area contributed by atoms with Gasteiger partial charge in [-0.25, -0.2) is 0 Å². The van der Waals surface area contributed by atoms with E-state index in [1.807, 2.05) is 6.07 Å². The van der Waals surface area contributed by atoms with Crippen molar-refractivity contribution in [3.63, 3.8) is 0 Å². The normalized spacial score (nSPS) is 9.80. The first-order chi connectivity index (χ1) is 9.51. The van der Waals surface area contributed by atoms with Crippen LogP contribution in [0.15, 0.2) is 40.9 Å². The number of hydrogen-bond acceptors (Lipinski definition) is 4. The minimum absolute atomic E-state index is 0.158. The SMILES string of the molecule is N#Cc1cc(Br)ccc1NC(=O)c1ccc(N)c(O)c1. The fourth-order valence-electron chi connectivity index (χ4n) is 1.60. The van der Waals surface area contributed by atoms with Crippen LogP contribution in [0.1, 0.15) is 15.9 Å². The molecule has 20 heavy (non-hydrogen) atoms. The van der Waals surface area contributed by atoms with Crippen LogP contribution in [0, 0.1) is 11.3 Å². The predicted octanol–water partition coefficient (Wildman–Crippen LogP) is 2.86. The maximum absolute atomic E-state index is 12.0. The van der Waals surface area contributed by atoms with Gasteiger partial charge in [0, 0.05) is 10.0 Å². The number of rotatable bonds is 2. The Kier molecular flexibility index (Phi) is 3.91. The molecular weight excluding hydrogens is 322 g/mol. The van der Waals surface area contributed by atoms with Crippen molar-refractivity contribution in [1.82, 2.24) is 0 Å². The summed E-state index contributed by atoms with van der Waals surface area (Å²) < 4.78 is 0.747. The average Bonchev–Trinajstić information content (AvgIpc) is 2.43. The zero-order valence-corrected chi connectivity index (χ0v) is 11.8. The van der Waals surface area contributed by atoms with Crippen LogP contribution >= 0.6 is 15.9 Å². The van der Waals surface area contributed by atoms with Crippen molar-refractivity contribution in [3.8, 4) is 11.8 Å². The molecule has 2 aromatic carbocycles. The van der Waals surface area contributed by atoms with Crippen molar-refractivity contribution >= 4 is 33.2 Å². The summed E-state index contributed by atoms with van der Waals surface area (Å²) in [6.07, 6.45) is 0. The van der Waals surface area contributed by atoms with E-state index in [0.29, 0.717) is 11.3 Å². The Morgan fingerprint density at radius 1 is 1.30 bits per heavy atom. The summed E-state index contributed by atoms with van der Waals surface area (Å²) in [6, 6.07) is 11.2. The quantitative estimate of drug-likeness (QED) is 0.582. The van der Waals surface area contributed by atoms with E-state index in [9.17, 15) is 9.90 Å². The van der Waals surface area contributed by atoms with Gasteiger partial charge in [0.2, 0.25) is 0 Å². The molecule has 100 valence electrons. The van der Waals surface area contributed by atoms with Crippen LogP contribution in [-0.2, 0) is 0 Å². The van der Waals surface area contributed by atoms with Crippen LogP contribution in [0.4, 0.5) is 11.4 Å². The molecule has 2 rings (SSSR count). The van der Waals surface area contributed by atoms with Crippen LogP contribution in [0.5, 0.6) is 5.75 Å². The van der Waals surface area contributed by atoms with Gasteiger partial charge in [-0.3, -0.25) is 4.79 Å². The molecule has 0 aliphatic heterocycles. The maximum atomic E-state index is 12.0. The molecule has 1 amide bonds. The highest BCUT2D eigenvalue weighted by atomic mass is 79.9. The molecule has 6 heteroatoms. The van der Waals surface area contributed by atoms with E-state index in [2.05, 4.69) is 21.2 Å². The van der Waals surface area contributed by atoms with Crippen molar-refractivity contribution in [1.29, 1.82) is 5.26 Å². The number of benzene rings is 2. The number of amides is 1. The molecule has 0 unspecified atom stereocenters. The lowest BCUT2D eigenvalue weighted by Gasteiger charge is -2.08. The first-order valence-corrected chi connectivity index (χ1v) is 6.40. The fraction of sp³-hybridized carbons (Fsp3) is 0. The molecule has 0 aliphatic carbocycles. The second-order valence-electron chi connectivity index (χ2n) is 4.03. The summed E-state index contributed by atoms with van der Waals surface area (Å²) in [5.41, 5.74) is 6.66. The lowest BCUT2D eigenvalue weighted by Crippen LogP contribution is -2.13. The highest BCUT2D eigenvalue weighted by molar-refractivity contribution is 9.10. The van der Waals surface area contributed by atoms with Crippen molar-refractivity contribution in [3.05, 3.63) is 52.0 Å². The number of nitrogens with one attached hydrogen (secondary N) is 1. The molecule has 0 atom stereocenters. The zero-order chi connectivity index (χ0) is 14.7. The minimum Gasteiger partial charge on any atom is -0.506 e. The molecule has 0 saturated carbocycles. The number of carbonyl (C=O) groups is 1. The minimum atomic E-state index is -0.431. The Labute approximate surface area is 123 Å². The number of hydrogen-bond donors (Lipinski definition) is 3. The summed E-state index contributed by atoms with van der Waals surface area (Å²) >= 11 is 3.25. The number of aromatic hydroxyl groups is 1. The van der Waals surface area contributed by atoms with E-state index in [1.54, 1.807) is 18.2 Å². The van der Waals surface area contributed by atoms with Crippen molar-refractivity contribution in [2.45, 2.75) is 0 Å². The van der Waals surface area contributed by atoms with Crippen molar-refractivity contribution in [2.24, 2.45) is 0 Å². The number of nitrogens with two attached hydrogens (primary N) is 1. The van der Waals surface area contributed by atoms with Crippen LogP contribution < -0.4 is 11.1 Å². The summed E-state index contributed by atoms with van der Waals surface area (Å²) in [5, 5.41) is 21.1. The number of phenols is 1. The molecule has 0 aromatic heterocycles. The number of nitrogens with zero attached hydrogens (tertiary/aromatic N) is 1. The molecule has 0 radical (unpaired) electrons. The van der Waals surface area contributed by atoms with Gasteiger partial charge in [-0.05, 0) is 36.4 Å². The van der Waals surface area contributed by atoms with Crippen LogP contribution in [0.2, 0.25) is 0 Å². The summed E-state index contributed by atoms with van der Waals surface area (Å²) in [5.74, 6) is -0.590. The Bertz CT molecular complexity index is 723. The zero-order valence-electron chi connectivity index (χ0n) is 10.2. The van der Waals surface area contributed by atoms with Gasteiger partial charge in [-0.2, -0.15) is 5.26 Å². The van der Waals surface area contributed by atoms with Gasteiger partial charge >= 0.3 is 0 Å². The standard InChI is InChI=1S/C14H10BrN3O2/c15-10-2-4-12(9(5-10)7-16)18-14(20)8-1-3-11(17)13(19)6-8/h1-6,19H,17H2,(H,18,20). The smallest absolute Gasteiger partial charge is 0.255 e. The van der Waals surface area contributed by atoms with Crippen LogP contribution in [-0.4, -0.2) is 11.0 Å². The first-order valence-electron chi connectivity index (χ1n) is 5.61. The molecule has 4 N–H and O–H groups in total. The second kappa shape index (κ2) is 5.63. The van der Waals surface area contributed by atoms with E-state index in [1.165, 1.54) is 18.2 Å². The predicted molar refractivity (Wildman–Crippen MR) is 79.3 cm³/mol. The maximum Gasteiger partial charge on any atom is 0.255 e. The third-order valence-corrected chi connectivity index (χ3v) is 3.14. The lowest BCUT2D eigenvalue weighted by atomic mass is 10.1. The monoisotopic (exact) mass is 331 g/mol. The highest BCUT2D eigenvalue weighted by Crippen LogP contribution is 2.23. The van der Waals surface area contributed by atoms with Crippen LogP contribution in [0.3, 0.4) is 0 Å². The van der Waals surface area contributed by atoms with Gasteiger partial charge in [0.15, 0.2) is 0 Å². The number of halogens is 1. The Hall–Kier alpha value is -2.52. The van der Waals surface area contributed by atoms with Gasteiger partial charge in [0.05, 0.1) is 16.9 Å². The molecule has 2 aromatic rings. The average molecular weight is 332 g/mol. The van der Waals surface area contributed by atoms with Crippen LogP contribution in [0.25, 0.3) is 0 Å². The van der Waals surface area contributed by atoms with Crippen molar-refractivity contribution < 1.29 is 9.90 Å². The number of nitriles is 1. The summed E-state index contributed by atoms with van der Waals surface area (Å²) in [6.45, 7) is 0. The third-order valence-electron chi connectivity index (χ3n) is 2.64. The molecule has 0 heterocycles. The Morgan fingerprint density at radius 3 is 2.70 bits per heavy atom. The first kappa shape index (κ1) is 13.9. The topological polar surface area (TPSA) is 99.1 Å². The van der Waals surface area contributed by atoms with Gasteiger partial charge in [-0.1, -0.05) is 15.9 Å². The van der Waals surface area contributed by atoms with Gasteiger partial charge in [-0.15, -0.1) is 0 Å². The van der Waals surface area contributed by atoms with E-state index in [-0.39, 0.29) is 17.0 Å². The third kappa shape index (κ3) is 2.90. The summed E-state index contributed by atoms with van der Waals surface area (Å²) in [4.78, 5) is 12.0. The summed E-state index contributed by atoms with van der Waals surface area (Å²) in [7, 11) is 0. The fourth-order valence-corrected chi connectivity index (χ4v) is 1.96. The highest BCUT2D eigenvalue weighted by Gasteiger charge is 2.11. The largest absolute Gasteiger partial charge is 0.506 e. The molecule has 0 spiro atoms. The van der Waals surface area contributed by atoms with Gasteiger partial charge < -0.3 is 16.2 Å². The van der Waals surface area contributed by atoms with Gasteiger partial charge in [0.1, 0.15) is 11.8 Å². The van der Waals surface area contributed by atoms with E-state index < -0.39 is 5.91 Å². The van der Waals surface area contributed by atoms with E-state index in [0.717, 1.165) is 4.47 Å². The molecule has 0 bridgehead atoms. The number of anilines is 2. The molecule has 5 nitrogen and oxygen atoms in total. The number of phenolic OH excluding ortho intramolecular Hbond substituents is 1. The van der Waals surface area contributed by atoms with E-state index >= 15 is 0 Å². The van der Waals surface area contributed by atoms with Crippen molar-refractivity contribution in [2.75, 3.05) is 11.1 Å². The van der Waals surface area contributed by atoms with E-state index in [4.69, 9.17) is 11.0 Å². The second-order valence-corrected chi connectivity index (χ2v) is 4.95. The molecule has 0 saturated heterocycles. The van der Waals surface area contributed by atoms with Gasteiger partial charge in [0.25, 0.3) is 5.91 Å².